The first-order valence-corrected chi connectivity index (χ1v) is 12.7. The molecule has 2 aromatic rings. The molecule has 4 atom stereocenters. The van der Waals surface area contributed by atoms with Gasteiger partial charge >= 0.3 is 12.1 Å². The summed E-state index contributed by atoms with van der Waals surface area (Å²) in [5, 5.41) is 15.3. The molecule has 2 aromatic carbocycles. The van der Waals surface area contributed by atoms with Gasteiger partial charge < -0.3 is 20.5 Å². The summed E-state index contributed by atoms with van der Waals surface area (Å²) in [5.74, 6) is -1.61. The van der Waals surface area contributed by atoms with Gasteiger partial charge in [-0.15, -0.1) is 0 Å². The summed E-state index contributed by atoms with van der Waals surface area (Å²) in [5.41, 5.74) is 4.67. The number of carbonyl (C=O) groups excluding carboxylic acids is 2. The monoisotopic (exact) mass is 476 g/mol. The molecule has 2 amide bonds. The maximum absolute atomic E-state index is 13.0. The van der Waals surface area contributed by atoms with Gasteiger partial charge in [0.25, 0.3) is 0 Å². The number of hydrogen-bond donors (Lipinski definition) is 3. The Morgan fingerprint density at radius 2 is 1.51 bits per heavy atom. The molecular formula is C28H32N2O5. The second kappa shape index (κ2) is 10.1. The van der Waals surface area contributed by atoms with E-state index >= 15 is 0 Å². The van der Waals surface area contributed by atoms with Crippen molar-refractivity contribution in [1.82, 2.24) is 10.6 Å². The number of carboxylic acid groups (broad SMARTS) is 1. The van der Waals surface area contributed by atoms with Gasteiger partial charge in [0.05, 0.1) is 11.8 Å². The zero-order chi connectivity index (χ0) is 24.4. The molecule has 0 radical (unpaired) electrons. The number of carbonyl (C=O) groups is 3. The van der Waals surface area contributed by atoms with Crippen molar-refractivity contribution in [2.75, 3.05) is 6.61 Å². The van der Waals surface area contributed by atoms with Crippen molar-refractivity contribution >= 4 is 18.0 Å². The average Bonchev–Trinajstić information content (AvgIpc) is 3.45. The molecule has 7 nitrogen and oxygen atoms in total. The molecule has 35 heavy (non-hydrogen) atoms. The SMILES string of the molecule is O=C(NC1CCCC1C(=O)N[C@@H]1CCC[C@@H](C(=O)O)C1)OCC1c2ccccc2-c2ccccc21. The normalized spacial score (nSPS) is 25.4. The quantitative estimate of drug-likeness (QED) is 0.571. The van der Waals surface area contributed by atoms with E-state index in [1.807, 2.05) is 24.3 Å². The zero-order valence-corrected chi connectivity index (χ0v) is 19.7. The van der Waals surface area contributed by atoms with Crippen molar-refractivity contribution in [3.63, 3.8) is 0 Å². The minimum Gasteiger partial charge on any atom is -0.481 e. The van der Waals surface area contributed by atoms with E-state index in [-0.39, 0.29) is 36.4 Å². The Morgan fingerprint density at radius 1 is 0.857 bits per heavy atom. The molecule has 184 valence electrons. The molecule has 2 saturated carbocycles. The van der Waals surface area contributed by atoms with Crippen LogP contribution in [0.25, 0.3) is 11.1 Å². The highest BCUT2D eigenvalue weighted by Crippen LogP contribution is 2.44. The van der Waals surface area contributed by atoms with Crippen molar-refractivity contribution in [3.05, 3.63) is 59.7 Å². The fourth-order valence-corrected chi connectivity index (χ4v) is 6.09. The van der Waals surface area contributed by atoms with Crippen LogP contribution in [0.15, 0.2) is 48.5 Å². The third-order valence-corrected chi connectivity index (χ3v) is 7.87. The van der Waals surface area contributed by atoms with E-state index in [1.54, 1.807) is 0 Å². The molecule has 5 rings (SSSR count). The van der Waals surface area contributed by atoms with Crippen LogP contribution in [0.3, 0.4) is 0 Å². The number of aliphatic carboxylic acids is 1. The lowest BCUT2D eigenvalue weighted by molar-refractivity contribution is -0.143. The van der Waals surface area contributed by atoms with Crippen LogP contribution in [-0.4, -0.2) is 41.8 Å². The fourth-order valence-electron chi connectivity index (χ4n) is 6.09. The Hall–Kier alpha value is -3.35. The van der Waals surface area contributed by atoms with Gasteiger partial charge in [0, 0.05) is 18.0 Å². The van der Waals surface area contributed by atoms with Gasteiger partial charge in [-0.2, -0.15) is 0 Å². The lowest BCUT2D eigenvalue weighted by Gasteiger charge is -2.29. The van der Waals surface area contributed by atoms with E-state index < -0.39 is 18.0 Å². The topological polar surface area (TPSA) is 105 Å². The van der Waals surface area contributed by atoms with Crippen molar-refractivity contribution in [3.8, 4) is 11.1 Å². The number of benzene rings is 2. The van der Waals surface area contributed by atoms with Crippen LogP contribution in [0.4, 0.5) is 4.79 Å². The highest BCUT2D eigenvalue weighted by atomic mass is 16.5. The largest absolute Gasteiger partial charge is 0.481 e. The van der Waals surface area contributed by atoms with Gasteiger partial charge in [-0.05, 0) is 54.4 Å². The summed E-state index contributed by atoms with van der Waals surface area (Å²) in [7, 11) is 0. The minimum atomic E-state index is -0.792. The molecule has 0 heterocycles. The fraction of sp³-hybridized carbons (Fsp3) is 0.464. The first-order chi connectivity index (χ1) is 17.0. The van der Waals surface area contributed by atoms with E-state index in [0.29, 0.717) is 19.3 Å². The number of carboxylic acids is 1. The Bertz CT molecular complexity index is 1070. The molecule has 0 aromatic heterocycles. The van der Waals surface area contributed by atoms with Gasteiger partial charge in [-0.25, -0.2) is 4.79 Å². The van der Waals surface area contributed by atoms with Crippen molar-refractivity contribution < 1.29 is 24.2 Å². The molecule has 0 saturated heterocycles. The first-order valence-electron chi connectivity index (χ1n) is 12.7. The van der Waals surface area contributed by atoms with Crippen molar-refractivity contribution in [2.24, 2.45) is 11.8 Å². The van der Waals surface area contributed by atoms with E-state index in [4.69, 9.17) is 4.74 Å². The van der Waals surface area contributed by atoms with E-state index in [2.05, 4.69) is 34.9 Å². The number of alkyl carbamates (subject to hydrolysis) is 1. The highest BCUT2D eigenvalue weighted by Gasteiger charge is 2.37. The molecule has 3 N–H and O–H groups in total. The molecule has 0 aliphatic heterocycles. The summed E-state index contributed by atoms with van der Waals surface area (Å²) in [6.45, 7) is 0.238. The summed E-state index contributed by atoms with van der Waals surface area (Å²) in [4.78, 5) is 37.0. The third kappa shape index (κ3) is 4.90. The van der Waals surface area contributed by atoms with Gasteiger partial charge in [0.2, 0.25) is 5.91 Å². The number of amides is 2. The maximum atomic E-state index is 13.0. The number of fused-ring (bicyclic) bond motifs is 3. The Kier molecular flexibility index (Phi) is 6.75. The molecule has 7 heteroatoms. The van der Waals surface area contributed by atoms with Crippen molar-refractivity contribution in [2.45, 2.75) is 62.9 Å². The number of ether oxygens (including phenoxy) is 1. The summed E-state index contributed by atoms with van der Waals surface area (Å²) in [6.07, 6.45) is 4.52. The first kappa shape index (κ1) is 23.4. The van der Waals surface area contributed by atoms with E-state index in [0.717, 1.165) is 36.8 Å². The molecule has 0 bridgehead atoms. The van der Waals surface area contributed by atoms with Crippen LogP contribution in [0.2, 0.25) is 0 Å². The molecule has 2 fully saturated rings. The molecule has 0 spiro atoms. The predicted octanol–water partition coefficient (Wildman–Crippen LogP) is 4.45. The van der Waals surface area contributed by atoms with Gasteiger partial charge in [0.1, 0.15) is 6.61 Å². The van der Waals surface area contributed by atoms with Gasteiger partial charge in [-0.1, -0.05) is 61.4 Å². The lowest BCUT2D eigenvalue weighted by Crippen LogP contribution is -2.48. The Balaban J connectivity index is 1.17. The minimum absolute atomic E-state index is 0.00990. The Labute approximate surface area is 205 Å². The lowest BCUT2D eigenvalue weighted by atomic mass is 9.85. The van der Waals surface area contributed by atoms with Gasteiger partial charge in [0.15, 0.2) is 0 Å². The van der Waals surface area contributed by atoms with Crippen LogP contribution >= 0.6 is 0 Å². The maximum Gasteiger partial charge on any atom is 0.407 e. The van der Waals surface area contributed by atoms with Crippen LogP contribution in [0.1, 0.15) is 62.0 Å². The highest BCUT2D eigenvalue weighted by molar-refractivity contribution is 5.81. The van der Waals surface area contributed by atoms with Crippen LogP contribution < -0.4 is 10.6 Å². The van der Waals surface area contributed by atoms with E-state index in [1.165, 1.54) is 11.1 Å². The zero-order valence-electron chi connectivity index (χ0n) is 19.7. The second-order valence-electron chi connectivity index (χ2n) is 10.0. The number of rotatable bonds is 6. The summed E-state index contributed by atoms with van der Waals surface area (Å²) >= 11 is 0. The molecular weight excluding hydrogens is 444 g/mol. The second-order valence-corrected chi connectivity index (χ2v) is 10.0. The van der Waals surface area contributed by atoms with Crippen LogP contribution in [0, 0.1) is 11.8 Å². The summed E-state index contributed by atoms with van der Waals surface area (Å²) < 4.78 is 5.67. The molecule has 3 aliphatic rings. The van der Waals surface area contributed by atoms with Gasteiger partial charge in [-0.3, -0.25) is 9.59 Å². The number of hydrogen-bond acceptors (Lipinski definition) is 4. The van der Waals surface area contributed by atoms with Crippen LogP contribution in [0.5, 0.6) is 0 Å². The van der Waals surface area contributed by atoms with Crippen LogP contribution in [-0.2, 0) is 14.3 Å². The van der Waals surface area contributed by atoms with Crippen molar-refractivity contribution in [1.29, 1.82) is 0 Å². The summed E-state index contributed by atoms with van der Waals surface area (Å²) in [6, 6.07) is 16.0. The number of nitrogens with one attached hydrogen (secondary N) is 2. The average molecular weight is 477 g/mol. The molecule has 3 aliphatic carbocycles. The standard InChI is InChI=1S/C28H32N2O5/c31-26(29-18-8-5-7-17(15-18)27(32)33)23-13-6-14-25(23)30-28(34)35-16-24-21-11-3-1-9-19(21)20-10-2-4-12-22(20)24/h1-4,9-12,17-18,23-25H,5-8,13-16H2,(H,29,31)(H,30,34)(H,32,33)/t17-,18-,23?,25?/m1/s1. The smallest absolute Gasteiger partial charge is 0.407 e. The molecule has 2 unspecified atom stereocenters. The predicted molar refractivity (Wildman–Crippen MR) is 131 cm³/mol. The Morgan fingerprint density at radius 3 is 2.20 bits per heavy atom. The van der Waals surface area contributed by atoms with E-state index in [9.17, 15) is 19.5 Å². The third-order valence-electron chi connectivity index (χ3n) is 7.87.